The number of rotatable bonds is 4. The number of benzene rings is 2. The summed E-state index contributed by atoms with van der Waals surface area (Å²) >= 11 is 9.52. The number of nitrogens with zero attached hydrogens (tertiary/aromatic N) is 1. The largest absolute Gasteiger partial charge is 0.999 e. The van der Waals surface area contributed by atoms with Crippen LogP contribution in [0, 0.1) is 30.9 Å². The van der Waals surface area contributed by atoms with Gasteiger partial charge >= 0.3 is 11.3 Å². The van der Waals surface area contributed by atoms with E-state index in [1.807, 2.05) is 36.4 Å². The van der Waals surface area contributed by atoms with E-state index in [4.69, 9.17) is 17.3 Å². The second kappa shape index (κ2) is 15.7. The maximum absolute atomic E-state index is 7.50. The van der Waals surface area contributed by atoms with Gasteiger partial charge in [0.15, 0.2) is 0 Å². The summed E-state index contributed by atoms with van der Waals surface area (Å²) in [5.41, 5.74) is 2.48. The average Bonchev–Trinajstić information content (AvgIpc) is 3.25. The van der Waals surface area contributed by atoms with E-state index in [-0.39, 0.29) is 17.1 Å². The van der Waals surface area contributed by atoms with E-state index in [0.717, 1.165) is 13.1 Å². The topological polar surface area (TPSA) is 23.1 Å². The predicted molar refractivity (Wildman–Crippen MR) is 105 cm³/mol. The Morgan fingerprint density at radius 3 is 1.58 bits per heavy atom. The molecule has 0 aliphatic rings. The van der Waals surface area contributed by atoms with Crippen LogP contribution in [0.5, 0.6) is 0 Å². The maximum Gasteiger partial charge on any atom is 0.146 e. The summed E-state index contributed by atoms with van der Waals surface area (Å²) < 4.78 is 8.13. The first-order chi connectivity index (χ1) is 12.3. The molecule has 136 valence electrons. The van der Waals surface area contributed by atoms with Crippen molar-refractivity contribution in [3.8, 4) is 0 Å². The Labute approximate surface area is 177 Å². The van der Waals surface area contributed by atoms with E-state index < -0.39 is 0 Å². The van der Waals surface area contributed by atoms with E-state index in [1.54, 1.807) is 6.07 Å². The molecule has 0 aliphatic heterocycles. The zero-order chi connectivity index (χ0) is 18.3. The summed E-state index contributed by atoms with van der Waals surface area (Å²) in [5.74, 6) is 0. The molecule has 3 aromatic carbocycles. The summed E-state index contributed by atoms with van der Waals surface area (Å²) in [6.45, 7) is 6.08. The molecule has 0 unspecified atom stereocenters. The molecule has 0 radical (unpaired) electrons. The molecule has 0 amide bonds. The van der Waals surface area contributed by atoms with Crippen molar-refractivity contribution >= 4 is 29.2 Å². The molecule has 26 heavy (non-hydrogen) atoms. The molecule has 0 heterocycles. The third kappa shape index (κ3) is 10.4. The standard InChI is InChI=1S/C15H15NS2.C5H.CO.Fe/c17-15(18)16(11-13-7-3-1-4-8-13)12-14-9-5-2-6-10-14;1-2-4-5-3-1;1-2;/h1-10H,11-12H2,(H,17,18);1H;;/q;-5;;. The molecule has 0 aromatic heterocycles. The Morgan fingerprint density at radius 2 is 1.31 bits per heavy atom. The van der Waals surface area contributed by atoms with Gasteiger partial charge in [-0.15, -0.1) is 0 Å². The molecule has 0 N–H and O–H groups in total. The molecular weight excluding hydrogens is 402 g/mol. The monoisotopic (exact) mass is 418 g/mol. The summed E-state index contributed by atoms with van der Waals surface area (Å²) in [7, 11) is 0. The van der Waals surface area contributed by atoms with Gasteiger partial charge in [-0.3, -0.25) is 0 Å². The quantitative estimate of drug-likeness (QED) is 0.162. The fourth-order valence-corrected chi connectivity index (χ4v) is 2.25. The Hall–Kier alpha value is -1.55. The van der Waals surface area contributed by atoms with Crippen LogP contribution in [-0.4, -0.2) is 9.22 Å². The Kier molecular flexibility index (Phi) is 14.7. The maximum atomic E-state index is 7.50. The van der Waals surface area contributed by atoms with Gasteiger partial charge in [0, 0.05) is 30.2 Å². The van der Waals surface area contributed by atoms with Crippen LogP contribution < -0.4 is 0 Å². The SMILES string of the molecule is [C-]#[O+].[Fe].[S-]C(=[SH+])N(Cc1ccccc1)Cc1ccccc1.[c-]1[c-][c-][cH-][c-]1. The number of hydrogen-bond acceptors (Lipinski definition) is 1. The molecule has 0 fully saturated rings. The van der Waals surface area contributed by atoms with Gasteiger partial charge in [0.25, 0.3) is 0 Å². The van der Waals surface area contributed by atoms with Gasteiger partial charge in [-0.2, -0.15) is 0 Å². The second-order valence-electron chi connectivity index (χ2n) is 4.79. The van der Waals surface area contributed by atoms with Gasteiger partial charge in [0.1, 0.15) is 16.5 Å². The Bertz CT molecular complexity index is 657. The average molecular weight is 418 g/mol. The van der Waals surface area contributed by atoms with Gasteiger partial charge in [0.2, 0.25) is 0 Å². The fourth-order valence-electron chi connectivity index (χ4n) is 1.98. The molecule has 0 saturated heterocycles. The molecule has 3 rings (SSSR count). The molecule has 0 bridgehead atoms. The van der Waals surface area contributed by atoms with Gasteiger partial charge in [-0.1, -0.05) is 60.7 Å². The van der Waals surface area contributed by atoms with Crippen LogP contribution in [0.4, 0.5) is 0 Å². The molecule has 2 nitrogen and oxygen atoms in total. The van der Waals surface area contributed by atoms with Gasteiger partial charge in [-0.25, -0.2) is 4.90 Å². The van der Waals surface area contributed by atoms with Crippen LogP contribution in [0.1, 0.15) is 11.1 Å². The van der Waals surface area contributed by atoms with Crippen LogP contribution in [0.2, 0.25) is 0 Å². The van der Waals surface area contributed by atoms with E-state index in [9.17, 15) is 0 Å². The van der Waals surface area contributed by atoms with Crippen molar-refractivity contribution in [1.29, 1.82) is 0 Å². The number of thiol groups is 1. The van der Waals surface area contributed by atoms with E-state index >= 15 is 0 Å². The second-order valence-corrected chi connectivity index (χ2v) is 5.91. The predicted octanol–water partition coefficient (Wildman–Crippen LogP) is 3.17. The summed E-state index contributed by atoms with van der Waals surface area (Å²) in [6.07, 6.45) is 0. The third-order valence-corrected chi connectivity index (χ3v) is 3.60. The first-order valence-electron chi connectivity index (χ1n) is 7.34. The molecule has 0 atom stereocenters. The van der Waals surface area contributed by atoms with E-state index in [2.05, 4.69) is 72.3 Å². The van der Waals surface area contributed by atoms with Crippen molar-refractivity contribution in [2.45, 2.75) is 13.1 Å². The van der Waals surface area contributed by atoms with Crippen LogP contribution in [0.15, 0.2) is 66.7 Å². The minimum absolute atomic E-state index is 0. The van der Waals surface area contributed by atoms with Crippen molar-refractivity contribution < 1.29 is 21.7 Å². The van der Waals surface area contributed by atoms with Crippen molar-refractivity contribution in [1.82, 2.24) is 4.90 Å². The molecule has 5 heteroatoms. The summed E-state index contributed by atoms with van der Waals surface area (Å²) in [6, 6.07) is 32.6. The number of hydrogen-bond donors (Lipinski definition) is 0. The zero-order valence-corrected chi connectivity index (χ0v) is 16.6. The molecular formula is C21H16FeNOS2-5. The molecule has 0 saturated carbocycles. The molecule has 3 aromatic rings. The first-order valence-corrected chi connectivity index (χ1v) is 8.20. The zero-order valence-electron chi connectivity index (χ0n) is 13.8. The third-order valence-electron chi connectivity index (χ3n) is 3.05. The summed E-state index contributed by atoms with van der Waals surface area (Å²) in [4.78, 5) is 2.09. The Morgan fingerprint density at radius 1 is 0.923 bits per heavy atom. The fraction of sp³-hybridized carbons (Fsp3) is 0.0952. The van der Waals surface area contributed by atoms with E-state index in [1.165, 1.54) is 11.1 Å². The minimum Gasteiger partial charge on any atom is -0.999 e. The first kappa shape index (κ1) is 24.4. The van der Waals surface area contributed by atoms with Gasteiger partial charge in [-0.05, 0) is 11.1 Å². The smallest absolute Gasteiger partial charge is 0.146 e. The van der Waals surface area contributed by atoms with Crippen molar-refractivity contribution in [2.75, 3.05) is 0 Å². The Balaban J connectivity index is 0.000000664. The van der Waals surface area contributed by atoms with Crippen molar-refractivity contribution in [3.05, 3.63) is 109 Å². The molecule has 0 aliphatic carbocycles. The van der Waals surface area contributed by atoms with Gasteiger partial charge < -0.3 is 43.0 Å². The van der Waals surface area contributed by atoms with Crippen molar-refractivity contribution in [3.63, 3.8) is 0 Å². The van der Waals surface area contributed by atoms with Crippen LogP contribution in [0.3, 0.4) is 0 Å². The van der Waals surface area contributed by atoms with Crippen LogP contribution in [0.25, 0.3) is 0 Å². The summed E-state index contributed by atoms with van der Waals surface area (Å²) in [5, 5.41) is 0. The molecule has 0 spiro atoms. The van der Waals surface area contributed by atoms with Gasteiger partial charge in [0.05, 0.1) is 0 Å². The van der Waals surface area contributed by atoms with E-state index in [0.29, 0.717) is 4.32 Å². The normalized spacial score (nSPS) is 8.92. The van der Waals surface area contributed by atoms with Crippen LogP contribution in [-0.2, 0) is 59.7 Å². The minimum atomic E-state index is 0. The van der Waals surface area contributed by atoms with Crippen molar-refractivity contribution in [2.24, 2.45) is 0 Å². The van der Waals surface area contributed by atoms with Crippen LogP contribution >= 0.6 is 0 Å².